The summed E-state index contributed by atoms with van der Waals surface area (Å²) in [5.74, 6) is 1.29. The number of rotatable bonds is 4. The first kappa shape index (κ1) is 15.8. The highest BCUT2D eigenvalue weighted by Gasteiger charge is 2.27. The molecule has 1 aliphatic rings. The monoisotopic (exact) mass is 313 g/mol. The van der Waals surface area contributed by atoms with Crippen LogP contribution in [0.5, 0.6) is 17.2 Å². The largest absolute Gasteiger partial charge is 0.493 e. The number of likely N-dealkylation sites (tertiary alicyclic amines) is 1. The second kappa shape index (κ2) is 6.89. The summed E-state index contributed by atoms with van der Waals surface area (Å²) < 4.78 is 15.9. The van der Waals surface area contributed by atoms with Crippen molar-refractivity contribution in [3.8, 4) is 17.2 Å². The van der Waals surface area contributed by atoms with E-state index in [0.717, 1.165) is 12.8 Å². The van der Waals surface area contributed by atoms with Crippen LogP contribution in [0.15, 0.2) is 12.1 Å². The Morgan fingerprint density at radius 2 is 1.71 bits per heavy atom. The van der Waals surface area contributed by atoms with Crippen molar-refractivity contribution in [2.24, 2.45) is 0 Å². The van der Waals surface area contributed by atoms with Crippen molar-refractivity contribution in [3.63, 3.8) is 0 Å². The smallest absolute Gasteiger partial charge is 0.257 e. The second-order valence-electron chi connectivity index (χ2n) is 4.85. The van der Waals surface area contributed by atoms with Crippen LogP contribution < -0.4 is 14.2 Å². The molecule has 116 valence electrons. The Labute approximate surface area is 129 Å². The van der Waals surface area contributed by atoms with Gasteiger partial charge in [0.15, 0.2) is 11.5 Å². The van der Waals surface area contributed by atoms with Crippen LogP contribution in [-0.4, -0.2) is 50.6 Å². The van der Waals surface area contributed by atoms with E-state index in [0.29, 0.717) is 35.9 Å². The fourth-order valence-electron chi connectivity index (χ4n) is 2.49. The molecule has 1 fully saturated rings. The maximum Gasteiger partial charge on any atom is 0.257 e. The summed E-state index contributed by atoms with van der Waals surface area (Å²) in [6.45, 7) is 1.31. The third-order valence-corrected chi connectivity index (χ3v) is 4.08. The van der Waals surface area contributed by atoms with Crippen LogP contribution in [0.3, 0.4) is 0 Å². The van der Waals surface area contributed by atoms with Gasteiger partial charge >= 0.3 is 0 Å². The molecule has 0 unspecified atom stereocenters. The molecule has 0 aliphatic carbocycles. The Balaban J connectivity index is 2.32. The number of ether oxygens (including phenoxy) is 3. The first-order chi connectivity index (χ1) is 10.1. The van der Waals surface area contributed by atoms with Gasteiger partial charge in [0, 0.05) is 18.5 Å². The summed E-state index contributed by atoms with van der Waals surface area (Å²) in [6.07, 6.45) is 1.62. The molecule has 1 aliphatic heterocycles. The van der Waals surface area contributed by atoms with Gasteiger partial charge in [0.25, 0.3) is 5.91 Å². The van der Waals surface area contributed by atoms with E-state index in [4.69, 9.17) is 25.8 Å². The number of hydrogen-bond acceptors (Lipinski definition) is 4. The highest BCUT2D eigenvalue weighted by molar-refractivity contribution is 6.20. The van der Waals surface area contributed by atoms with E-state index in [2.05, 4.69) is 0 Å². The molecule has 21 heavy (non-hydrogen) atoms. The molecular formula is C15H20ClNO4. The maximum atomic E-state index is 12.7. The first-order valence-corrected chi connectivity index (χ1v) is 7.28. The molecule has 0 N–H and O–H groups in total. The van der Waals surface area contributed by atoms with Gasteiger partial charge in [0.2, 0.25) is 5.75 Å². The molecular weight excluding hydrogens is 294 g/mol. The van der Waals surface area contributed by atoms with Gasteiger partial charge in [-0.3, -0.25) is 4.79 Å². The second-order valence-corrected chi connectivity index (χ2v) is 5.47. The molecule has 5 nitrogen and oxygen atoms in total. The van der Waals surface area contributed by atoms with Crippen molar-refractivity contribution in [1.29, 1.82) is 0 Å². The van der Waals surface area contributed by atoms with Crippen molar-refractivity contribution < 1.29 is 19.0 Å². The van der Waals surface area contributed by atoms with Gasteiger partial charge < -0.3 is 19.1 Å². The molecule has 6 heteroatoms. The minimum absolute atomic E-state index is 0.0728. The fourth-order valence-corrected chi connectivity index (χ4v) is 2.69. The number of piperidine rings is 1. The number of hydrogen-bond donors (Lipinski definition) is 0. The highest BCUT2D eigenvalue weighted by atomic mass is 35.5. The van der Waals surface area contributed by atoms with Crippen molar-refractivity contribution in [3.05, 3.63) is 17.7 Å². The number of nitrogens with zero attached hydrogens (tertiary/aromatic N) is 1. The Morgan fingerprint density at radius 3 is 2.24 bits per heavy atom. The molecule has 1 aromatic carbocycles. The van der Waals surface area contributed by atoms with Crippen LogP contribution >= 0.6 is 11.6 Å². The molecule has 2 rings (SSSR count). The van der Waals surface area contributed by atoms with Crippen LogP contribution in [0, 0.1) is 0 Å². The lowest BCUT2D eigenvalue weighted by Gasteiger charge is -2.30. The Hall–Kier alpha value is -1.62. The maximum absolute atomic E-state index is 12.7. The third kappa shape index (κ3) is 3.18. The average Bonchev–Trinajstić information content (AvgIpc) is 2.53. The number of carbonyl (C=O) groups excluding carboxylic acids is 1. The topological polar surface area (TPSA) is 48.0 Å². The molecule has 0 atom stereocenters. The molecule has 0 spiro atoms. The lowest BCUT2D eigenvalue weighted by molar-refractivity contribution is 0.0722. The molecule has 0 saturated carbocycles. The van der Waals surface area contributed by atoms with Crippen LogP contribution in [0.2, 0.25) is 0 Å². The van der Waals surface area contributed by atoms with Gasteiger partial charge in [-0.05, 0) is 25.0 Å². The summed E-state index contributed by atoms with van der Waals surface area (Å²) in [5, 5.41) is 0.154. The number of methoxy groups -OCH3 is 3. The average molecular weight is 314 g/mol. The number of alkyl halides is 1. The van der Waals surface area contributed by atoms with Crippen molar-refractivity contribution in [1.82, 2.24) is 4.90 Å². The zero-order valence-corrected chi connectivity index (χ0v) is 13.3. The van der Waals surface area contributed by atoms with Gasteiger partial charge in [-0.2, -0.15) is 0 Å². The lowest BCUT2D eigenvalue weighted by atomic mass is 10.1. The van der Waals surface area contributed by atoms with Crippen molar-refractivity contribution in [2.45, 2.75) is 18.2 Å². The number of halogens is 1. The minimum Gasteiger partial charge on any atom is -0.493 e. The molecule has 1 amide bonds. The van der Waals surface area contributed by atoms with Gasteiger partial charge in [0.1, 0.15) is 0 Å². The minimum atomic E-state index is -0.0728. The molecule has 1 heterocycles. The first-order valence-electron chi connectivity index (χ1n) is 6.84. The Bertz CT molecular complexity index is 513. The molecule has 0 aromatic heterocycles. The fraction of sp³-hybridized carbons (Fsp3) is 0.533. The van der Waals surface area contributed by atoms with Gasteiger partial charge in [-0.15, -0.1) is 11.6 Å². The zero-order valence-electron chi connectivity index (χ0n) is 12.5. The van der Waals surface area contributed by atoms with E-state index >= 15 is 0 Å². The SMILES string of the molecule is COc1ccc(C(=O)N2CCC(Cl)CC2)c(OC)c1OC. The molecule has 1 aromatic rings. The van der Waals surface area contributed by atoms with Gasteiger partial charge in [-0.1, -0.05) is 0 Å². The third-order valence-electron chi connectivity index (χ3n) is 3.65. The van der Waals surface area contributed by atoms with E-state index in [9.17, 15) is 4.79 Å². The van der Waals surface area contributed by atoms with E-state index < -0.39 is 0 Å². The Kier molecular flexibility index (Phi) is 5.17. The van der Waals surface area contributed by atoms with Crippen molar-refractivity contribution >= 4 is 17.5 Å². The summed E-state index contributed by atoms with van der Waals surface area (Å²) in [6, 6.07) is 3.41. The van der Waals surface area contributed by atoms with Crippen LogP contribution in [0.4, 0.5) is 0 Å². The zero-order chi connectivity index (χ0) is 15.4. The molecule has 1 saturated heterocycles. The lowest BCUT2D eigenvalue weighted by Crippen LogP contribution is -2.38. The van der Waals surface area contributed by atoms with Crippen LogP contribution in [-0.2, 0) is 0 Å². The quantitative estimate of drug-likeness (QED) is 0.802. The highest BCUT2D eigenvalue weighted by Crippen LogP contribution is 2.40. The van der Waals surface area contributed by atoms with Crippen molar-refractivity contribution in [2.75, 3.05) is 34.4 Å². The summed E-state index contributed by atoms with van der Waals surface area (Å²) in [5.41, 5.74) is 0.475. The predicted octanol–water partition coefficient (Wildman–Crippen LogP) is 2.56. The number of carbonyl (C=O) groups is 1. The number of amides is 1. The van der Waals surface area contributed by atoms with Gasteiger partial charge in [0.05, 0.1) is 26.9 Å². The van der Waals surface area contributed by atoms with Crippen LogP contribution in [0.1, 0.15) is 23.2 Å². The van der Waals surface area contributed by atoms with E-state index in [1.165, 1.54) is 14.2 Å². The summed E-state index contributed by atoms with van der Waals surface area (Å²) in [7, 11) is 4.58. The van der Waals surface area contributed by atoms with E-state index in [1.54, 1.807) is 24.1 Å². The summed E-state index contributed by atoms with van der Waals surface area (Å²) >= 11 is 6.08. The van der Waals surface area contributed by atoms with E-state index in [1.807, 2.05) is 0 Å². The molecule has 0 bridgehead atoms. The normalized spacial score (nSPS) is 15.7. The standard InChI is InChI=1S/C15H20ClNO4/c1-19-12-5-4-11(13(20-2)14(12)21-3)15(18)17-8-6-10(16)7-9-17/h4-5,10H,6-9H2,1-3H3. The Morgan fingerprint density at radius 1 is 1.10 bits per heavy atom. The molecule has 0 radical (unpaired) electrons. The number of benzene rings is 1. The predicted molar refractivity (Wildman–Crippen MR) is 80.9 cm³/mol. The summed E-state index contributed by atoms with van der Waals surface area (Å²) in [4.78, 5) is 14.5. The van der Waals surface area contributed by atoms with Gasteiger partial charge in [-0.25, -0.2) is 0 Å². The van der Waals surface area contributed by atoms with E-state index in [-0.39, 0.29) is 11.3 Å². The van der Waals surface area contributed by atoms with Crippen LogP contribution in [0.25, 0.3) is 0 Å².